The Bertz CT molecular complexity index is 493. The van der Waals surface area contributed by atoms with E-state index in [-0.39, 0.29) is 27.0 Å². The maximum absolute atomic E-state index is 11.0. The number of carboxylic acids is 2. The van der Waals surface area contributed by atoms with Gasteiger partial charge in [0.2, 0.25) is 0 Å². The molecule has 0 saturated heterocycles. The van der Waals surface area contributed by atoms with Gasteiger partial charge < -0.3 is 26.8 Å². The van der Waals surface area contributed by atoms with E-state index in [0.29, 0.717) is 13.7 Å². The number of benzene rings is 1. The van der Waals surface area contributed by atoms with Crippen molar-refractivity contribution in [2.45, 2.75) is 0 Å². The molecule has 0 amide bonds. The molecule has 0 radical (unpaired) electrons. The van der Waals surface area contributed by atoms with Crippen molar-refractivity contribution in [3.8, 4) is 0 Å². The number of hydrogen-bond acceptors (Lipinski definition) is 5. The molecule has 0 aliphatic rings. The Hall–Kier alpha value is 0.0700. The van der Waals surface area contributed by atoms with E-state index in [9.17, 15) is 9.59 Å². The number of nitrogens with two attached hydrogens (primary N) is 2. The van der Waals surface area contributed by atoms with Gasteiger partial charge in [0, 0.05) is 10.1 Å². The topological polar surface area (TPSA) is 147 Å². The van der Waals surface area contributed by atoms with Crippen LogP contribution in [-0.4, -0.2) is 40.4 Å². The highest BCUT2D eigenvalue weighted by Gasteiger charge is 2.26. The molecular formula is C10H11I3N2O5. The first-order valence-corrected chi connectivity index (χ1v) is 8.17. The first-order chi connectivity index (χ1) is 9.20. The highest BCUT2D eigenvalue weighted by atomic mass is 127. The average molecular weight is 620 g/mol. The molecule has 0 unspecified atom stereocenters. The van der Waals surface area contributed by atoms with Crippen LogP contribution in [-0.2, 0) is 0 Å². The Morgan fingerprint density at radius 3 is 1.45 bits per heavy atom. The first-order valence-electron chi connectivity index (χ1n) is 4.94. The predicted octanol–water partition coefficient (Wildman–Crippen LogP) is 1.42. The summed E-state index contributed by atoms with van der Waals surface area (Å²) >= 11 is 5.32. The van der Waals surface area contributed by atoms with E-state index in [2.05, 4.69) is 0 Å². The highest BCUT2D eigenvalue weighted by molar-refractivity contribution is 14.1. The van der Waals surface area contributed by atoms with Gasteiger partial charge >= 0.3 is 11.9 Å². The second-order valence-corrected chi connectivity index (χ2v) is 6.46. The van der Waals surface area contributed by atoms with Crippen LogP contribution in [0.4, 0.5) is 5.69 Å². The van der Waals surface area contributed by atoms with Crippen molar-refractivity contribution in [2.24, 2.45) is 5.73 Å². The number of nitrogen functional groups attached to an aromatic ring is 1. The van der Waals surface area contributed by atoms with Crippen molar-refractivity contribution >= 4 is 85.4 Å². The van der Waals surface area contributed by atoms with E-state index >= 15 is 0 Å². The van der Waals surface area contributed by atoms with E-state index in [1.165, 1.54) is 0 Å². The zero-order chi connectivity index (χ0) is 16.0. The van der Waals surface area contributed by atoms with Crippen LogP contribution in [0.2, 0.25) is 0 Å². The van der Waals surface area contributed by atoms with Crippen LogP contribution < -0.4 is 11.5 Å². The van der Waals surface area contributed by atoms with Crippen LogP contribution in [0.25, 0.3) is 0 Å². The smallest absolute Gasteiger partial charge is 0.337 e. The predicted molar refractivity (Wildman–Crippen MR) is 99.1 cm³/mol. The number of aliphatic hydroxyl groups excluding tert-OH is 1. The third kappa shape index (κ3) is 4.81. The molecule has 7 nitrogen and oxygen atoms in total. The van der Waals surface area contributed by atoms with Crippen LogP contribution in [0.5, 0.6) is 0 Å². The number of carboxylic acid groups (broad SMARTS) is 2. The van der Waals surface area contributed by atoms with Gasteiger partial charge in [-0.25, -0.2) is 9.59 Å². The fourth-order valence-corrected chi connectivity index (χ4v) is 5.15. The van der Waals surface area contributed by atoms with E-state index in [4.69, 9.17) is 26.8 Å². The van der Waals surface area contributed by atoms with Crippen molar-refractivity contribution < 1.29 is 24.9 Å². The molecule has 0 fully saturated rings. The van der Waals surface area contributed by atoms with Crippen molar-refractivity contribution in [1.29, 1.82) is 0 Å². The Balaban J connectivity index is 0.000000796. The lowest BCUT2D eigenvalue weighted by atomic mass is 10.1. The third-order valence-corrected chi connectivity index (χ3v) is 5.23. The van der Waals surface area contributed by atoms with Crippen LogP contribution in [0, 0.1) is 10.7 Å². The lowest BCUT2D eigenvalue weighted by Gasteiger charge is -2.12. The van der Waals surface area contributed by atoms with Gasteiger partial charge in [-0.1, -0.05) is 0 Å². The van der Waals surface area contributed by atoms with E-state index in [0.717, 1.165) is 0 Å². The molecule has 20 heavy (non-hydrogen) atoms. The minimum Gasteiger partial charge on any atom is -0.478 e. The lowest BCUT2D eigenvalue weighted by Crippen LogP contribution is -2.14. The Labute approximate surface area is 155 Å². The lowest BCUT2D eigenvalue weighted by molar-refractivity contribution is 0.0694. The van der Waals surface area contributed by atoms with Crippen molar-refractivity contribution in [3.63, 3.8) is 0 Å². The fraction of sp³-hybridized carbons (Fsp3) is 0.200. The molecule has 112 valence electrons. The zero-order valence-corrected chi connectivity index (χ0v) is 16.3. The molecule has 0 bridgehead atoms. The van der Waals surface area contributed by atoms with Gasteiger partial charge in [0.1, 0.15) is 0 Å². The second kappa shape index (κ2) is 9.16. The summed E-state index contributed by atoms with van der Waals surface area (Å²) in [5.74, 6) is -2.36. The maximum Gasteiger partial charge on any atom is 0.337 e. The monoisotopic (exact) mass is 620 g/mol. The van der Waals surface area contributed by atoms with Crippen LogP contribution >= 0.6 is 67.8 Å². The van der Waals surface area contributed by atoms with Crippen molar-refractivity contribution in [2.75, 3.05) is 18.9 Å². The van der Waals surface area contributed by atoms with Crippen molar-refractivity contribution in [3.05, 3.63) is 21.8 Å². The molecular weight excluding hydrogens is 609 g/mol. The molecule has 0 aliphatic heterocycles. The molecule has 7 N–H and O–H groups in total. The molecule has 0 spiro atoms. The number of hydrogen-bond donors (Lipinski definition) is 5. The summed E-state index contributed by atoms with van der Waals surface area (Å²) in [6, 6.07) is 0. The molecule has 1 aromatic rings. The summed E-state index contributed by atoms with van der Waals surface area (Å²) in [6.45, 7) is 0.472. The Morgan fingerprint density at radius 1 is 0.950 bits per heavy atom. The standard InChI is InChI=1S/C8H4I3NO4.C2H7NO/c9-3-1(7(13)14)4(10)6(12)5(11)2(3)8(15)16;3-1-2-4/h12H2,(H,13,14)(H,15,16);4H,1-3H2. The highest BCUT2D eigenvalue weighted by Crippen LogP contribution is 2.33. The van der Waals surface area contributed by atoms with E-state index in [1.54, 1.807) is 67.8 Å². The molecule has 1 aromatic carbocycles. The normalized spacial score (nSPS) is 9.65. The number of anilines is 1. The quantitative estimate of drug-likeness (QED) is 0.254. The van der Waals surface area contributed by atoms with Crippen molar-refractivity contribution in [1.82, 2.24) is 0 Å². The third-order valence-electron chi connectivity index (χ3n) is 1.91. The van der Waals surface area contributed by atoms with Crippen LogP contribution in [0.15, 0.2) is 0 Å². The number of carbonyl (C=O) groups is 2. The molecule has 0 aromatic heterocycles. The van der Waals surface area contributed by atoms with Gasteiger partial charge in [-0.2, -0.15) is 0 Å². The molecule has 0 aliphatic carbocycles. The number of rotatable bonds is 3. The molecule has 0 heterocycles. The minimum absolute atomic E-state index is 0.0588. The summed E-state index contributed by atoms with van der Waals surface area (Å²) < 4.78 is 0.924. The summed E-state index contributed by atoms with van der Waals surface area (Å²) in [7, 11) is 0. The zero-order valence-electron chi connectivity index (χ0n) is 9.86. The van der Waals surface area contributed by atoms with Gasteiger partial charge in [0.25, 0.3) is 0 Å². The SMILES string of the molecule is NCCO.Nc1c(I)c(C(=O)O)c(I)c(C(=O)O)c1I. The largest absolute Gasteiger partial charge is 0.478 e. The average Bonchev–Trinajstić information content (AvgIpc) is 2.35. The Kier molecular flexibility index (Phi) is 9.19. The second-order valence-electron chi connectivity index (χ2n) is 3.23. The summed E-state index contributed by atoms with van der Waals surface area (Å²) in [5, 5.41) is 25.8. The van der Waals surface area contributed by atoms with Crippen LogP contribution in [0.1, 0.15) is 20.7 Å². The van der Waals surface area contributed by atoms with E-state index < -0.39 is 11.9 Å². The first kappa shape index (κ1) is 20.1. The fourth-order valence-electron chi connectivity index (χ4n) is 1.06. The maximum atomic E-state index is 11.0. The number of aliphatic hydroxyl groups is 1. The van der Waals surface area contributed by atoms with Crippen LogP contribution in [0.3, 0.4) is 0 Å². The van der Waals surface area contributed by atoms with Gasteiger partial charge in [0.15, 0.2) is 0 Å². The van der Waals surface area contributed by atoms with E-state index in [1.807, 2.05) is 0 Å². The van der Waals surface area contributed by atoms with Gasteiger partial charge in [-0.05, 0) is 67.8 Å². The summed E-state index contributed by atoms with van der Waals surface area (Å²) in [4.78, 5) is 22.0. The molecule has 0 saturated carbocycles. The van der Waals surface area contributed by atoms with Gasteiger partial charge in [0.05, 0.1) is 30.6 Å². The molecule has 0 atom stereocenters. The molecule has 1 rings (SSSR count). The number of aromatic carboxylic acids is 2. The van der Waals surface area contributed by atoms with Gasteiger partial charge in [-0.15, -0.1) is 0 Å². The Morgan fingerprint density at radius 2 is 1.25 bits per heavy atom. The molecule has 10 heteroatoms. The minimum atomic E-state index is -1.18. The summed E-state index contributed by atoms with van der Waals surface area (Å²) in [5.41, 5.74) is 10.5. The summed E-state index contributed by atoms with van der Waals surface area (Å²) in [6.07, 6.45) is 0. The number of halogens is 3. The van der Waals surface area contributed by atoms with Gasteiger partial charge in [-0.3, -0.25) is 0 Å².